The molecule has 0 aromatic rings. The number of hydrogen-bond acceptors (Lipinski definition) is 3. The predicted molar refractivity (Wildman–Crippen MR) is 39.3 cm³/mol. The predicted octanol–water partition coefficient (Wildman–Crippen LogP) is 0.285. The Morgan fingerprint density at radius 3 is 2.36 bits per heavy atom. The van der Waals surface area contributed by atoms with Gasteiger partial charge in [0.25, 0.3) is 0 Å². The quantitative estimate of drug-likeness (QED) is 0.436. The Labute approximate surface area is 66.1 Å². The summed E-state index contributed by atoms with van der Waals surface area (Å²) in [7, 11) is 0. The van der Waals surface area contributed by atoms with Crippen LogP contribution in [0.5, 0.6) is 0 Å². The summed E-state index contributed by atoms with van der Waals surface area (Å²) in [4.78, 5) is 25.1. The Balaban J connectivity index is 3.87. The van der Waals surface area contributed by atoms with Crippen LogP contribution in [0.25, 0.3) is 0 Å². The molecule has 11 heavy (non-hydrogen) atoms. The number of nitrogens with zero attached hydrogens (tertiary/aromatic N) is 1. The van der Waals surface area contributed by atoms with Crippen molar-refractivity contribution in [2.75, 3.05) is 6.54 Å². The first-order valence-electron chi connectivity index (χ1n) is 3.25. The third kappa shape index (κ3) is 5.54. The highest BCUT2D eigenvalue weighted by Crippen LogP contribution is 2.07. The van der Waals surface area contributed by atoms with Crippen LogP contribution in [0.1, 0.15) is 20.8 Å². The lowest BCUT2D eigenvalue weighted by molar-refractivity contribution is -0.210. The van der Waals surface area contributed by atoms with E-state index in [2.05, 4.69) is 0 Å². The van der Waals surface area contributed by atoms with E-state index in [4.69, 9.17) is 4.84 Å². The van der Waals surface area contributed by atoms with Crippen LogP contribution < -0.4 is 0 Å². The molecule has 0 N–H and O–H groups in total. The van der Waals surface area contributed by atoms with Crippen LogP contribution in [0, 0.1) is 0 Å². The van der Waals surface area contributed by atoms with Crippen LogP contribution >= 0.6 is 0 Å². The Hall–Kier alpha value is -0.900. The Bertz CT molecular complexity index is 139. The maximum Gasteiger partial charge on any atom is 0.233 e. The van der Waals surface area contributed by atoms with E-state index in [9.17, 15) is 9.59 Å². The summed E-state index contributed by atoms with van der Waals surface area (Å²) in [5, 5.41) is 0.910. The van der Waals surface area contributed by atoms with Crippen LogP contribution in [-0.4, -0.2) is 29.9 Å². The molecule has 0 aromatic heterocycles. The molecule has 1 radical (unpaired) electrons. The van der Waals surface area contributed by atoms with Crippen LogP contribution in [0.3, 0.4) is 0 Å². The van der Waals surface area contributed by atoms with Gasteiger partial charge in [0.2, 0.25) is 12.7 Å². The third-order valence-corrected chi connectivity index (χ3v) is 0.729. The topological polar surface area (TPSA) is 46.6 Å². The molecule has 0 fully saturated rings. The summed E-state index contributed by atoms with van der Waals surface area (Å²) >= 11 is 0. The second-order valence-electron chi connectivity index (χ2n) is 3.03. The fourth-order valence-electron chi connectivity index (χ4n) is 0.506. The smallest absolute Gasteiger partial charge is 0.233 e. The highest BCUT2D eigenvalue weighted by Gasteiger charge is 2.15. The van der Waals surface area contributed by atoms with Crippen LogP contribution in [0.4, 0.5) is 0 Å². The van der Waals surface area contributed by atoms with E-state index >= 15 is 0 Å². The molecule has 0 spiro atoms. The number of hydrogen-bond donors (Lipinski definition) is 0. The first-order chi connectivity index (χ1) is 4.99. The van der Waals surface area contributed by atoms with Crippen LogP contribution in [0.15, 0.2) is 0 Å². The first kappa shape index (κ1) is 10.1. The van der Waals surface area contributed by atoms with E-state index in [0.29, 0.717) is 6.41 Å². The average molecular weight is 158 g/mol. The van der Waals surface area contributed by atoms with Crippen molar-refractivity contribution in [3.05, 3.63) is 0 Å². The Kier molecular flexibility index (Phi) is 3.74. The molecule has 0 aliphatic carbocycles. The Morgan fingerprint density at radius 1 is 1.55 bits per heavy atom. The van der Waals surface area contributed by atoms with Gasteiger partial charge in [0.05, 0.1) is 5.60 Å². The molecule has 0 aromatic carbocycles. The van der Waals surface area contributed by atoms with E-state index in [1.807, 2.05) is 0 Å². The SMILES string of the molecule is CC(C)(C)ON(C=O)C[C]=O. The van der Waals surface area contributed by atoms with Gasteiger partial charge in [-0.05, 0) is 20.8 Å². The van der Waals surface area contributed by atoms with Crippen molar-refractivity contribution in [1.29, 1.82) is 0 Å². The number of amides is 1. The van der Waals surface area contributed by atoms with Gasteiger partial charge in [0.1, 0.15) is 6.54 Å². The zero-order valence-corrected chi connectivity index (χ0v) is 6.96. The number of rotatable bonds is 4. The molecule has 1 amide bonds. The molecule has 0 saturated carbocycles. The highest BCUT2D eigenvalue weighted by molar-refractivity contribution is 5.58. The molecule has 0 atom stereocenters. The van der Waals surface area contributed by atoms with Crippen molar-refractivity contribution in [3.63, 3.8) is 0 Å². The molecule has 0 saturated heterocycles. The zero-order chi connectivity index (χ0) is 8.91. The third-order valence-electron chi connectivity index (χ3n) is 0.729. The molecule has 0 bridgehead atoms. The summed E-state index contributed by atoms with van der Waals surface area (Å²) in [6.07, 6.45) is 2.02. The minimum absolute atomic E-state index is 0.152. The Morgan fingerprint density at radius 2 is 2.09 bits per heavy atom. The van der Waals surface area contributed by atoms with Gasteiger partial charge in [0.15, 0.2) is 0 Å². The molecule has 0 unspecified atom stereocenters. The van der Waals surface area contributed by atoms with Crippen LogP contribution in [-0.2, 0) is 14.4 Å². The van der Waals surface area contributed by atoms with Gasteiger partial charge < -0.3 is 0 Å². The maximum absolute atomic E-state index is 10.2. The van der Waals surface area contributed by atoms with Gasteiger partial charge >= 0.3 is 0 Å². The van der Waals surface area contributed by atoms with Crippen molar-refractivity contribution in [1.82, 2.24) is 5.06 Å². The molecule has 4 heteroatoms. The highest BCUT2D eigenvalue weighted by atomic mass is 16.7. The normalized spacial score (nSPS) is 10.8. The second-order valence-corrected chi connectivity index (χ2v) is 3.03. The standard InChI is InChI=1S/C7H12NO3/c1-7(2,3)11-8(6-10)4-5-9/h6H,4H2,1-3H3. The van der Waals surface area contributed by atoms with Crippen molar-refractivity contribution in [3.8, 4) is 0 Å². The van der Waals surface area contributed by atoms with E-state index in [0.717, 1.165) is 5.06 Å². The molecule has 4 nitrogen and oxygen atoms in total. The lowest BCUT2D eigenvalue weighted by Gasteiger charge is -2.24. The maximum atomic E-state index is 10.2. The van der Waals surface area contributed by atoms with Gasteiger partial charge in [0, 0.05) is 0 Å². The van der Waals surface area contributed by atoms with E-state index in [1.165, 1.54) is 0 Å². The minimum Gasteiger partial charge on any atom is -0.289 e. The lowest BCUT2D eigenvalue weighted by Crippen LogP contribution is -2.34. The molecular formula is C7H12NO3. The molecule has 63 valence electrons. The summed E-state index contributed by atoms with van der Waals surface area (Å²) in [6, 6.07) is 0. The van der Waals surface area contributed by atoms with Gasteiger partial charge in [-0.15, -0.1) is 0 Å². The monoisotopic (exact) mass is 158 g/mol. The summed E-state index contributed by atoms with van der Waals surface area (Å²) < 4.78 is 0. The molecule has 0 rings (SSSR count). The second kappa shape index (κ2) is 4.08. The summed E-state index contributed by atoms with van der Waals surface area (Å²) in [5.41, 5.74) is -0.461. The fourth-order valence-corrected chi connectivity index (χ4v) is 0.506. The lowest BCUT2D eigenvalue weighted by atomic mass is 10.2. The average Bonchev–Trinajstić information content (AvgIpc) is 1.84. The molecular weight excluding hydrogens is 146 g/mol. The molecule has 0 aliphatic rings. The van der Waals surface area contributed by atoms with E-state index < -0.39 is 5.60 Å². The number of carbonyl (C=O) groups excluding carboxylic acids is 2. The van der Waals surface area contributed by atoms with Gasteiger partial charge in [-0.1, -0.05) is 0 Å². The summed E-state index contributed by atoms with van der Waals surface area (Å²) in [6.45, 7) is 5.21. The fraction of sp³-hybridized carbons (Fsp3) is 0.714. The van der Waals surface area contributed by atoms with Gasteiger partial charge in [-0.3, -0.25) is 14.4 Å². The first-order valence-corrected chi connectivity index (χ1v) is 3.25. The number of hydroxylamine groups is 2. The van der Waals surface area contributed by atoms with Crippen LogP contribution in [0.2, 0.25) is 0 Å². The minimum atomic E-state index is -0.461. The van der Waals surface area contributed by atoms with Gasteiger partial charge in [-0.25, -0.2) is 5.06 Å². The van der Waals surface area contributed by atoms with Crippen molar-refractivity contribution in [2.45, 2.75) is 26.4 Å². The van der Waals surface area contributed by atoms with E-state index in [-0.39, 0.29) is 6.54 Å². The van der Waals surface area contributed by atoms with Gasteiger partial charge in [-0.2, -0.15) is 0 Å². The molecule has 0 heterocycles. The zero-order valence-electron chi connectivity index (χ0n) is 6.96. The summed E-state index contributed by atoms with van der Waals surface area (Å²) in [5.74, 6) is 0. The van der Waals surface area contributed by atoms with E-state index in [1.54, 1.807) is 27.1 Å². The van der Waals surface area contributed by atoms with Crippen molar-refractivity contribution in [2.24, 2.45) is 0 Å². The van der Waals surface area contributed by atoms with Crippen molar-refractivity contribution >= 4 is 12.7 Å². The molecule has 0 aliphatic heterocycles. The largest absolute Gasteiger partial charge is 0.289 e. The van der Waals surface area contributed by atoms with Crippen molar-refractivity contribution < 1.29 is 14.4 Å². The number of carbonyl (C=O) groups is 1.